The summed E-state index contributed by atoms with van der Waals surface area (Å²) in [4.78, 5) is 31.8. The van der Waals surface area contributed by atoms with Gasteiger partial charge < -0.3 is 14.6 Å². The number of ketones is 1. The predicted molar refractivity (Wildman–Crippen MR) is 51.3 cm³/mol. The number of hydrogen-bond donors (Lipinski definition) is 0. The second-order valence-corrected chi connectivity index (χ2v) is 3.00. The number of rotatable bonds is 5. The second-order valence-electron chi connectivity index (χ2n) is 3.00. The number of hydrogen-bond acceptors (Lipinski definition) is 5. The van der Waals surface area contributed by atoms with Crippen LogP contribution in [0.4, 0.5) is 0 Å². The molecular weight excluding hydrogens is 212 g/mol. The van der Waals surface area contributed by atoms with E-state index in [9.17, 15) is 19.5 Å². The summed E-state index contributed by atoms with van der Waals surface area (Å²) in [6.07, 6.45) is -0.685. The lowest BCUT2D eigenvalue weighted by atomic mass is 10.2. The van der Waals surface area contributed by atoms with Gasteiger partial charge >= 0.3 is 5.97 Å². The van der Waals surface area contributed by atoms with Crippen molar-refractivity contribution >= 4 is 17.7 Å². The highest BCUT2D eigenvalue weighted by Crippen LogP contribution is 2.09. The molecular formula is C11H9O5-. The SMILES string of the molecule is O=C(CCC(=O)C(=O)[O-])Oc1ccccc1. The molecule has 0 heterocycles. The molecule has 0 amide bonds. The van der Waals surface area contributed by atoms with Crippen LogP contribution in [0.25, 0.3) is 0 Å². The van der Waals surface area contributed by atoms with Crippen LogP contribution in [-0.4, -0.2) is 17.7 Å². The molecule has 0 saturated heterocycles. The Morgan fingerprint density at radius 2 is 1.69 bits per heavy atom. The van der Waals surface area contributed by atoms with Gasteiger partial charge in [0.2, 0.25) is 0 Å². The van der Waals surface area contributed by atoms with Crippen LogP contribution in [0, 0.1) is 0 Å². The number of Topliss-reactive ketones (excluding diaryl/α,β-unsaturated/α-hetero) is 1. The van der Waals surface area contributed by atoms with Gasteiger partial charge in [0.05, 0.1) is 6.42 Å². The standard InChI is InChI=1S/C11H10O5/c12-9(11(14)15)6-7-10(13)16-8-4-2-1-3-5-8/h1-5H,6-7H2,(H,14,15)/p-1. The molecule has 0 fully saturated rings. The lowest BCUT2D eigenvalue weighted by molar-refractivity contribution is -0.300. The molecule has 5 heteroatoms. The van der Waals surface area contributed by atoms with Gasteiger partial charge in [0.15, 0.2) is 5.78 Å². The van der Waals surface area contributed by atoms with Gasteiger partial charge in [0.1, 0.15) is 11.7 Å². The van der Waals surface area contributed by atoms with E-state index in [0.29, 0.717) is 5.75 Å². The van der Waals surface area contributed by atoms with Gasteiger partial charge in [-0.2, -0.15) is 0 Å². The highest BCUT2D eigenvalue weighted by Gasteiger charge is 2.09. The lowest BCUT2D eigenvalue weighted by Crippen LogP contribution is -2.31. The first-order chi connectivity index (χ1) is 7.59. The van der Waals surface area contributed by atoms with Crippen molar-refractivity contribution in [3.05, 3.63) is 30.3 Å². The third-order valence-corrected chi connectivity index (χ3v) is 1.76. The van der Waals surface area contributed by atoms with E-state index in [4.69, 9.17) is 4.74 Å². The van der Waals surface area contributed by atoms with E-state index < -0.39 is 24.1 Å². The fraction of sp³-hybridized carbons (Fsp3) is 0.182. The van der Waals surface area contributed by atoms with Crippen molar-refractivity contribution in [2.45, 2.75) is 12.8 Å². The van der Waals surface area contributed by atoms with Crippen molar-refractivity contribution in [3.8, 4) is 5.75 Å². The second kappa shape index (κ2) is 5.65. The Morgan fingerprint density at radius 3 is 2.25 bits per heavy atom. The van der Waals surface area contributed by atoms with Crippen molar-refractivity contribution in [1.82, 2.24) is 0 Å². The number of carboxylic acid groups (broad SMARTS) is 1. The molecule has 1 aromatic carbocycles. The smallest absolute Gasteiger partial charge is 0.311 e. The number of ether oxygens (including phenoxy) is 1. The maximum atomic E-state index is 11.2. The molecule has 0 aromatic heterocycles. The molecule has 0 radical (unpaired) electrons. The zero-order valence-corrected chi connectivity index (χ0v) is 8.34. The minimum Gasteiger partial charge on any atom is -0.542 e. The summed E-state index contributed by atoms with van der Waals surface area (Å²) in [6, 6.07) is 8.30. The van der Waals surface area contributed by atoms with Gasteiger partial charge in [-0.25, -0.2) is 0 Å². The third-order valence-electron chi connectivity index (χ3n) is 1.76. The van der Waals surface area contributed by atoms with Crippen LogP contribution in [0.3, 0.4) is 0 Å². The van der Waals surface area contributed by atoms with E-state index >= 15 is 0 Å². The summed E-state index contributed by atoms with van der Waals surface area (Å²) in [6.45, 7) is 0. The van der Waals surface area contributed by atoms with Gasteiger partial charge in [0, 0.05) is 6.42 Å². The Bertz CT molecular complexity index is 396. The number of benzene rings is 1. The first-order valence-corrected chi connectivity index (χ1v) is 4.59. The molecule has 1 rings (SSSR count). The van der Waals surface area contributed by atoms with Gasteiger partial charge in [0.25, 0.3) is 0 Å². The molecule has 0 saturated carbocycles. The van der Waals surface area contributed by atoms with Gasteiger partial charge in [-0.3, -0.25) is 9.59 Å². The maximum Gasteiger partial charge on any atom is 0.311 e. The van der Waals surface area contributed by atoms with Crippen LogP contribution in [0.1, 0.15) is 12.8 Å². The average Bonchev–Trinajstić information content (AvgIpc) is 2.27. The van der Waals surface area contributed by atoms with Crippen LogP contribution in [-0.2, 0) is 14.4 Å². The zero-order chi connectivity index (χ0) is 12.0. The molecule has 0 aliphatic rings. The summed E-state index contributed by atoms with van der Waals surface area (Å²) in [5.41, 5.74) is 0. The van der Waals surface area contributed by atoms with Crippen molar-refractivity contribution < 1.29 is 24.2 Å². The number of carbonyl (C=O) groups excluding carboxylic acids is 3. The molecule has 0 spiro atoms. The van der Waals surface area contributed by atoms with E-state index in [1.54, 1.807) is 30.3 Å². The van der Waals surface area contributed by atoms with Crippen LogP contribution in [0.5, 0.6) is 5.75 Å². The average molecular weight is 221 g/mol. The van der Waals surface area contributed by atoms with Gasteiger partial charge in [-0.05, 0) is 12.1 Å². The fourth-order valence-electron chi connectivity index (χ4n) is 0.989. The van der Waals surface area contributed by atoms with Crippen LogP contribution in [0.15, 0.2) is 30.3 Å². The number of esters is 1. The molecule has 0 atom stereocenters. The van der Waals surface area contributed by atoms with E-state index in [0.717, 1.165) is 0 Å². The lowest BCUT2D eigenvalue weighted by Gasteiger charge is -2.03. The highest BCUT2D eigenvalue weighted by molar-refractivity contribution is 6.31. The largest absolute Gasteiger partial charge is 0.542 e. The first-order valence-electron chi connectivity index (χ1n) is 4.59. The van der Waals surface area contributed by atoms with Crippen molar-refractivity contribution in [1.29, 1.82) is 0 Å². The third kappa shape index (κ3) is 3.91. The van der Waals surface area contributed by atoms with E-state index in [2.05, 4.69) is 0 Å². The van der Waals surface area contributed by atoms with Crippen LogP contribution >= 0.6 is 0 Å². The zero-order valence-electron chi connectivity index (χ0n) is 8.34. The molecule has 5 nitrogen and oxygen atoms in total. The van der Waals surface area contributed by atoms with Gasteiger partial charge in [-0.15, -0.1) is 0 Å². The van der Waals surface area contributed by atoms with Crippen LogP contribution < -0.4 is 9.84 Å². The maximum absolute atomic E-state index is 11.2. The van der Waals surface area contributed by atoms with Crippen molar-refractivity contribution in [2.24, 2.45) is 0 Å². The highest BCUT2D eigenvalue weighted by atomic mass is 16.5. The Labute approximate surface area is 91.6 Å². The van der Waals surface area contributed by atoms with Crippen molar-refractivity contribution in [2.75, 3.05) is 0 Å². The summed E-state index contributed by atoms with van der Waals surface area (Å²) in [5.74, 6) is -3.19. The number of carboxylic acids is 1. The molecule has 0 bridgehead atoms. The molecule has 0 aliphatic heterocycles. The molecule has 1 aromatic rings. The van der Waals surface area contributed by atoms with Gasteiger partial charge in [-0.1, -0.05) is 18.2 Å². The number of aliphatic carboxylic acids is 1. The first kappa shape index (κ1) is 11.9. The minimum atomic E-state index is -1.78. The predicted octanol–water partition coefficient (Wildman–Crippen LogP) is -0.309. The minimum absolute atomic E-state index is 0.276. The van der Waals surface area contributed by atoms with Crippen molar-refractivity contribution in [3.63, 3.8) is 0 Å². The monoisotopic (exact) mass is 221 g/mol. The Kier molecular flexibility index (Phi) is 4.20. The summed E-state index contributed by atoms with van der Waals surface area (Å²) >= 11 is 0. The molecule has 0 N–H and O–H groups in total. The summed E-state index contributed by atoms with van der Waals surface area (Å²) in [5, 5.41) is 10.1. The Morgan fingerprint density at radius 1 is 1.06 bits per heavy atom. The Balaban J connectivity index is 2.37. The summed E-state index contributed by atoms with van der Waals surface area (Å²) < 4.78 is 4.84. The molecule has 84 valence electrons. The van der Waals surface area contributed by atoms with Crippen LogP contribution in [0.2, 0.25) is 0 Å². The quantitative estimate of drug-likeness (QED) is 0.387. The molecule has 0 aliphatic carbocycles. The number of para-hydroxylation sites is 1. The molecule has 0 unspecified atom stereocenters. The molecule has 16 heavy (non-hydrogen) atoms. The normalized spacial score (nSPS) is 9.50. The summed E-state index contributed by atoms with van der Waals surface area (Å²) in [7, 11) is 0. The topological polar surface area (TPSA) is 83.5 Å². The number of carbonyl (C=O) groups is 3. The van der Waals surface area contributed by atoms with E-state index in [1.165, 1.54) is 0 Å². The van der Waals surface area contributed by atoms with E-state index in [-0.39, 0.29) is 6.42 Å². The Hall–Kier alpha value is -2.17. The van der Waals surface area contributed by atoms with E-state index in [1.807, 2.05) is 0 Å². The fourth-order valence-corrected chi connectivity index (χ4v) is 0.989.